The van der Waals surface area contributed by atoms with E-state index in [-0.39, 0.29) is 22.2 Å². The van der Waals surface area contributed by atoms with E-state index in [1.807, 2.05) is 6.92 Å². The van der Waals surface area contributed by atoms with E-state index in [9.17, 15) is 13.2 Å². The maximum absolute atomic E-state index is 12.9. The highest BCUT2D eigenvalue weighted by atomic mass is 32.2. The summed E-state index contributed by atoms with van der Waals surface area (Å²) >= 11 is 0. The number of anilines is 2. The molecule has 0 aliphatic rings. The van der Waals surface area contributed by atoms with Crippen molar-refractivity contribution in [2.75, 3.05) is 17.3 Å². The lowest BCUT2D eigenvalue weighted by atomic mass is 10.1. The number of furan rings is 1. The van der Waals surface area contributed by atoms with Crippen LogP contribution in [0.3, 0.4) is 0 Å². The van der Waals surface area contributed by atoms with Crippen molar-refractivity contribution < 1.29 is 17.6 Å². The van der Waals surface area contributed by atoms with Gasteiger partial charge in [0.15, 0.2) is 32.9 Å². The number of benzene rings is 1. The number of carbonyl (C=O) groups excluding carboxylic acids is 1. The van der Waals surface area contributed by atoms with Crippen molar-refractivity contribution in [2.24, 2.45) is 0 Å². The topological polar surface area (TPSA) is 161 Å². The Hall–Kier alpha value is -4.45. The molecule has 172 valence electrons. The van der Waals surface area contributed by atoms with Crippen LogP contribution in [0.15, 0.2) is 64.4 Å². The molecule has 1 aromatic carbocycles. The van der Waals surface area contributed by atoms with Crippen LogP contribution in [0.1, 0.15) is 16.1 Å². The van der Waals surface area contributed by atoms with Crippen LogP contribution in [0.4, 0.5) is 11.6 Å². The minimum atomic E-state index is -3.41. The van der Waals surface area contributed by atoms with Crippen molar-refractivity contribution in [1.82, 2.24) is 24.6 Å². The molecule has 5 rings (SSSR count). The zero-order chi connectivity index (χ0) is 24.0. The molecule has 0 unspecified atom stereocenters. The van der Waals surface area contributed by atoms with Crippen LogP contribution in [0.25, 0.3) is 28.4 Å². The number of nitrogens with zero attached hydrogens (tertiary/aromatic N) is 4. The van der Waals surface area contributed by atoms with Gasteiger partial charge in [0.25, 0.3) is 5.91 Å². The lowest BCUT2D eigenvalue weighted by molar-refractivity contribution is 0.102. The molecular formula is C22H19N7O4S. The number of rotatable bonds is 5. The third-order valence-corrected chi connectivity index (χ3v) is 6.38. The fourth-order valence-corrected chi connectivity index (χ4v) is 4.20. The van der Waals surface area contributed by atoms with E-state index in [1.54, 1.807) is 47.0 Å². The predicted octanol–water partition coefficient (Wildman–Crippen LogP) is 2.93. The normalized spacial score (nSPS) is 11.7. The SMILES string of the molecule is Cc1ccc(S(C)(=O)=O)cc1-c1cnc2c(N)nc(C(=O)Nc3cc(-c4ccco4)[nH]n3)cn12. The van der Waals surface area contributed by atoms with E-state index in [0.717, 1.165) is 11.8 Å². The Morgan fingerprint density at radius 1 is 1.24 bits per heavy atom. The van der Waals surface area contributed by atoms with E-state index in [2.05, 4.69) is 25.5 Å². The zero-order valence-electron chi connectivity index (χ0n) is 18.1. The number of nitrogen functional groups attached to an aromatic ring is 1. The molecule has 4 aromatic heterocycles. The summed E-state index contributed by atoms with van der Waals surface area (Å²) in [7, 11) is -3.41. The Bertz CT molecular complexity index is 1650. The van der Waals surface area contributed by atoms with Gasteiger partial charge in [-0.25, -0.2) is 18.4 Å². The summed E-state index contributed by atoms with van der Waals surface area (Å²) in [6.07, 6.45) is 5.74. The van der Waals surface area contributed by atoms with Crippen molar-refractivity contribution in [1.29, 1.82) is 0 Å². The third kappa shape index (κ3) is 3.79. The third-order valence-electron chi connectivity index (χ3n) is 5.27. The van der Waals surface area contributed by atoms with Crippen LogP contribution in [0.5, 0.6) is 0 Å². The molecular weight excluding hydrogens is 458 g/mol. The number of nitrogens with one attached hydrogen (secondary N) is 2. The van der Waals surface area contributed by atoms with Crippen LogP contribution < -0.4 is 11.1 Å². The van der Waals surface area contributed by atoms with Crippen molar-refractivity contribution in [3.8, 4) is 22.7 Å². The maximum atomic E-state index is 12.9. The van der Waals surface area contributed by atoms with Crippen molar-refractivity contribution in [3.63, 3.8) is 0 Å². The van der Waals surface area contributed by atoms with Crippen LogP contribution in [0, 0.1) is 6.92 Å². The molecule has 1 amide bonds. The molecule has 34 heavy (non-hydrogen) atoms. The number of aromatic nitrogens is 5. The van der Waals surface area contributed by atoms with Gasteiger partial charge >= 0.3 is 0 Å². The number of sulfone groups is 1. The second-order valence-electron chi connectivity index (χ2n) is 7.70. The highest BCUT2D eigenvalue weighted by Gasteiger charge is 2.19. The minimum absolute atomic E-state index is 0.0312. The Kier molecular flexibility index (Phi) is 4.94. The summed E-state index contributed by atoms with van der Waals surface area (Å²) in [6, 6.07) is 9.97. The number of carbonyl (C=O) groups is 1. The Morgan fingerprint density at radius 3 is 2.79 bits per heavy atom. The zero-order valence-corrected chi connectivity index (χ0v) is 18.9. The number of amides is 1. The van der Waals surface area contributed by atoms with Gasteiger partial charge in [0.05, 0.1) is 23.0 Å². The standard InChI is InChI=1S/C22H19N7O4S/c1-12-5-6-13(34(2,31)32)8-14(12)17-10-24-21-20(23)25-16(11-29(17)21)22(30)26-19-9-15(27-28-19)18-4-3-7-33-18/h3-11H,1-2H3,(H2,23,25)(H2,26,27,28,30). The molecule has 0 aliphatic heterocycles. The van der Waals surface area contributed by atoms with Crippen molar-refractivity contribution in [2.45, 2.75) is 11.8 Å². The number of imidazole rings is 1. The molecule has 0 aliphatic carbocycles. The molecule has 0 spiro atoms. The summed E-state index contributed by atoms with van der Waals surface area (Å²) < 4.78 is 31.0. The highest BCUT2D eigenvalue weighted by Crippen LogP contribution is 2.29. The number of nitrogens with two attached hydrogens (primary N) is 1. The highest BCUT2D eigenvalue weighted by molar-refractivity contribution is 7.90. The average Bonchev–Trinajstić information content (AvgIpc) is 3.54. The summed E-state index contributed by atoms with van der Waals surface area (Å²) in [6.45, 7) is 1.85. The number of H-pyrrole nitrogens is 1. The van der Waals surface area contributed by atoms with Gasteiger partial charge in [-0.1, -0.05) is 6.07 Å². The number of hydrogen-bond donors (Lipinski definition) is 3. The molecule has 0 atom stereocenters. The first-order valence-corrected chi connectivity index (χ1v) is 11.9. The molecule has 0 fully saturated rings. The van der Waals surface area contributed by atoms with E-state index in [1.165, 1.54) is 12.5 Å². The van der Waals surface area contributed by atoms with Crippen LogP contribution in [0.2, 0.25) is 0 Å². The first kappa shape index (κ1) is 21.4. The number of aryl methyl sites for hydroxylation is 1. The van der Waals surface area contributed by atoms with Gasteiger partial charge in [-0.3, -0.25) is 14.3 Å². The summed E-state index contributed by atoms with van der Waals surface area (Å²) in [4.78, 5) is 21.6. The largest absolute Gasteiger partial charge is 0.463 e. The fraction of sp³-hybridized carbons (Fsp3) is 0.0909. The molecule has 5 aromatic rings. The quantitative estimate of drug-likeness (QED) is 0.348. The monoisotopic (exact) mass is 477 g/mol. The molecule has 4 heterocycles. The van der Waals surface area contributed by atoms with Gasteiger partial charge in [-0.05, 0) is 36.8 Å². The van der Waals surface area contributed by atoms with Gasteiger partial charge in [0, 0.05) is 24.1 Å². The van der Waals surface area contributed by atoms with Gasteiger partial charge in [-0.15, -0.1) is 0 Å². The lowest BCUT2D eigenvalue weighted by Gasteiger charge is -2.10. The number of fused-ring (bicyclic) bond motifs is 1. The molecule has 12 heteroatoms. The van der Waals surface area contributed by atoms with Crippen LogP contribution >= 0.6 is 0 Å². The maximum Gasteiger partial charge on any atom is 0.277 e. The summed E-state index contributed by atoms with van der Waals surface area (Å²) in [5, 5.41) is 9.53. The second-order valence-corrected chi connectivity index (χ2v) is 9.71. The van der Waals surface area contributed by atoms with Crippen molar-refractivity contribution in [3.05, 3.63) is 66.3 Å². The van der Waals surface area contributed by atoms with E-state index < -0.39 is 15.7 Å². The van der Waals surface area contributed by atoms with E-state index in [0.29, 0.717) is 28.4 Å². The molecule has 0 saturated carbocycles. The van der Waals surface area contributed by atoms with E-state index in [4.69, 9.17) is 10.2 Å². The average molecular weight is 478 g/mol. The molecule has 4 N–H and O–H groups in total. The van der Waals surface area contributed by atoms with Crippen molar-refractivity contribution >= 4 is 33.0 Å². The Labute approximate surface area is 193 Å². The molecule has 0 radical (unpaired) electrons. The first-order valence-electron chi connectivity index (χ1n) is 10.1. The summed E-state index contributed by atoms with van der Waals surface area (Å²) in [5.74, 6) is 0.368. The van der Waals surface area contributed by atoms with Gasteiger partial charge in [-0.2, -0.15) is 5.10 Å². The van der Waals surface area contributed by atoms with Gasteiger partial charge in [0.2, 0.25) is 0 Å². The Balaban J connectivity index is 1.52. The smallest absolute Gasteiger partial charge is 0.277 e. The first-order chi connectivity index (χ1) is 16.2. The Morgan fingerprint density at radius 2 is 2.06 bits per heavy atom. The van der Waals surface area contributed by atoms with Crippen LogP contribution in [-0.4, -0.2) is 45.1 Å². The second kappa shape index (κ2) is 7.85. The molecule has 11 nitrogen and oxygen atoms in total. The molecule has 0 saturated heterocycles. The van der Waals surface area contributed by atoms with Gasteiger partial charge in [0.1, 0.15) is 11.4 Å². The minimum Gasteiger partial charge on any atom is -0.463 e. The van der Waals surface area contributed by atoms with E-state index >= 15 is 0 Å². The number of hydrogen-bond acceptors (Lipinski definition) is 8. The number of aromatic amines is 1. The van der Waals surface area contributed by atoms with Crippen LogP contribution in [-0.2, 0) is 9.84 Å². The fourth-order valence-electron chi connectivity index (χ4n) is 3.55. The molecule has 0 bridgehead atoms. The van der Waals surface area contributed by atoms with Gasteiger partial charge < -0.3 is 15.5 Å². The predicted molar refractivity (Wildman–Crippen MR) is 125 cm³/mol. The lowest BCUT2D eigenvalue weighted by Crippen LogP contribution is -2.16. The summed E-state index contributed by atoms with van der Waals surface area (Å²) in [5.41, 5.74) is 9.10.